The van der Waals surface area contributed by atoms with Crippen LogP contribution < -0.4 is 5.32 Å². The number of benzene rings is 1. The van der Waals surface area contributed by atoms with Crippen molar-refractivity contribution in [3.8, 4) is 5.75 Å². The van der Waals surface area contributed by atoms with E-state index < -0.39 is 0 Å². The first-order valence-corrected chi connectivity index (χ1v) is 7.66. The molecule has 0 heterocycles. The Kier molecular flexibility index (Phi) is 3.30. The second-order valence-corrected chi connectivity index (χ2v) is 6.73. The maximum atomic E-state index is 9.71. The predicted octanol–water partition coefficient (Wildman–Crippen LogP) is 3.80. The van der Waals surface area contributed by atoms with E-state index in [0.717, 1.165) is 18.9 Å². The van der Waals surface area contributed by atoms with Gasteiger partial charge in [-0.2, -0.15) is 0 Å². The Hall–Kier alpha value is -1.02. The van der Waals surface area contributed by atoms with Gasteiger partial charge in [-0.15, -0.1) is 0 Å². The molecule has 0 radical (unpaired) electrons. The molecule has 0 aliphatic heterocycles. The Labute approximate surface area is 116 Å². The van der Waals surface area contributed by atoms with Crippen LogP contribution in [0, 0.1) is 11.3 Å². The van der Waals surface area contributed by atoms with Crippen LogP contribution in [0.15, 0.2) is 18.2 Å². The summed E-state index contributed by atoms with van der Waals surface area (Å²) in [5.74, 6) is 1.17. The minimum absolute atomic E-state index is 0.400. The first-order chi connectivity index (χ1) is 9.11. The van der Waals surface area contributed by atoms with Crippen molar-refractivity contribution in [1.82, 2.24) is 5.32 Å². The number of rotatable bonds is 4. The highest BCUT2D eigenvalue weighted by molar-refractivity contribution is 5.38. The van der Waals surface area contributed by atoms with Gasteiger partial charge in [-0.3, -0.25) is 0 Å². The summed E-state index contributed by atoms with van der Waals surface area (Å²) >= 11 is 0. The number of aryl methyl sites for hydroxylation is 1. The van der Waals surface area contributed by atoms with Crippen molar-refractivity contribution < 1.29 is 5.11 Å². The summed E-state index contributed by atoms with van der Waals surface area (Å²) in [6.07, 6.45) is 6.35. The molecular weight excluding hydrogens is 234 g/mol. The van der Waals surface area contributed by atoms with Gasteiger partial charge in [-0.1, -0.05) is 19.9 Å². The number of phenols is 1. The number of hydrogen-bond acceptors (Lipinski definition) is 2. The van der Waals surface area contributed by atoms with Crippen LogP contribution in [0.4, 0.5) is 0 Å². The van der Waals surface area contributed by atoms with Crippen molar-refractivity contribution in [2.75, 3.05) is 6.54 Å². The second kappa shape index (κ2) is 4.82. The van der Waals surface area contributed by atoms with E-state index in [1.807, 2.05) is 12.1 Å². The molecule has 2 nitrogen and oxygen atoms in total. The molecule has 1 unspecified atom stereocenters. The van der Waals surface area contributed by atoms with Crippen LogP contribution in [0.5, 0.6) is 5.75 Å². The maximum Gasteiger partial charge on any atom is 0.115 e. The average molecular weight is 259 g/mol. The Morgan fingerprint density at radius 2 is 2.16 bits per heavy atom. The van der Waals surface area contributed by atoms with Gasteiger partial charge in [-0.25, -0.2) is 0 Å². The van der Waals surface area contributed by atoms with Crippen LogP contribution in [-0.4, -0.2) is 11.7 Å². The minimum Gasteiger partial charge on any atom is -0.508 e. The Morgan fingerprint density at radius 3 is 2.84 bits per heavy atom. The number of aromatic hydroxyl groups is 1. The fraction of sp³-hybridized carbons (Fsp3) is 0.647. The van der Waals surface area contributed by atoms with Crippen LogP contribution in [-0.2, 0) is 6.42 Å². The molecule has 1 aromatic carbocycles. The van der Waals surface area contributed by atoms with Gasteiger partial charge in [0.15, 0.2) is 0 Å². The normalized spacial score (nSPS) is 24.3. The molecule has 0 aromatic heterocycles. The van der Waals surface area contributed by atoms with Crippen molar-refractivity contribution in [2.24, 2.45) is 11.3 Å². The summed E-state index contributed by atoms with van der Waals surface area (Å²) in [4.78, 5) is 0. The van der Waals surface area contributed by atoms with Gasteiger partial charge in [0.1, 0.15) is 5.75 Å². The van der Waals surface area contributed by atoms with E-state index in [4.69, 9.17) is 0 Å². The summed E-state index contributed by atoms with van der Waals surface area (Å²) in [6.45, 7) is 5.81. The molecule has 0 spiro atoms. The van der Waals surface area contributed by atoms with E-state index in [1.165, 1.54) is 36.8 Å². The van der Waals surface area contributed by atoms with Crippen LogP contribution in [0.25, 0.3) is 0 Å². The fourth-order valence-electron chi connectivity index (χ4n) is 3.44. The van der Waals surface area contributed by atoms with Crippen molar-refractivity contribution in [1.29, 1.82) is 0 Å². The maximum absolute atomic E-state index is 9.71. The Bertz CT molecular complexity index is 462. The third kappa shape index (κ3) is 2.51. The zero-order valence-corrected chi connectivity index (χ0v) is 12.1. The highest BCUT2D eigenvalue weighted by Crippen LogP contribution is 2.51. The molecule has 1 aromatic rings. The lowest BCUT2D eigenvalue weighted by molar-refractivity contribution is 0.310. The number of hydrogen-bond donors (Lipinski definition) is 2. The SMILES string of the molecule is CC(C)C1(CNC2CCCc3ccc(O)cc32)CC1. The van der Waals surface area contributed by atoms with Crippen molar-refractivity contribution >= 4 is 0 Å². The summed E-state index contributed by atoms with van der Waals surface area (Å²) in [6, 6.07) is 6.30. The van der Waals surface area contributed by atoms with Crippen LogP contribution in [0.3, 0.4) is 0 Å². The van der Waals surface area contributed by atoms with Crippen molar-refractivity contribution in [2.45, 2.75) is 52.0 Å². The molecule has 0 saturated heterocycles. The molecule has 3 rings (SSSR count). The van der Waals surface area contributed by atoms with E-state index in [-0.39, 0.29) is 0 Å². The van der Waals surface area contributed by atoms with Crippen LogP contribution in [0.1, 0.15) is 56.7 Å². The van der Waals surface area contributed by atoms with Gasteiger partial charge >= 0.3 is 0 Å². The molecule has 0 bridgehead atoms. The first-order valence-electron chi connectivity index (χ1n) is 7.66. The minimum atomic E-state index is 0.400. The topological polar surface area (TPSA) is 32.3 Å². The van der Waals surface area contributed by atoms with E-state index in [1.54, 1.807) is 0 Å². The molecule has 1 fully saturated rings. The molecule has 19 heavy (non-hydrogen) atoms. The number of nitrogens with one attached hydrogen (secondary N) is 1. The molecule has 2 heteroatoms. The predicted molar refractivity (Wildman–Crippen MR) is 78.3 cm³/mol. The molecule has 1 saturated carbocycles. The molecule has 2 N–H and O–H groups in total. The van der Waals surface area contributed by atoms with E-state index in [0.29, 0.717) is 17.2 Å². The van der Waals surface area contributed by atoms with Gasteiger partial charge in [0.25, 0.3) is 0 Å². The first kappa shape index (κ1) is 13.0. The van der Waals surface area contributed by atoms with Crippen molar-refractivity contribution in [3.63, 3.8) is 0 Å². The summed E-state index contributed by atoms with van der Waals surface area (Å²) in [7, 11) is 0. The summed E-state index contributed by atoms with van der Waals surface area (Å²) in [5, 5.41) is 13.5. The molecule has 1 atom stereocenters. The quantitative estimate of drug-likeness (QED) is 0.862. The largest absolute Gasteiger partial charge is 0.508 e. The lowest BCUT2D eigenvalue weighted by atomic mass is 9.86. The summed E-state index contributed by atoms with van der Waals surface area (Å²) < 4.78 is 0. The Morgan fingerprint density at radius 1 is 1.37 bits per heavy atom. The van der Waals surface area contributed by atoms with Gasteiger partial charge in [0.05, 0.1) is 0 Å². The zero-order chi connectivity index (χ0) is 13.5. The average Bonchev–Trinajstić information content (AvgIpc) is 3.17. The van der Waals surface area contributed by atoms with E-state index in [9.17, 15) is 5.11 Å². The van der Waals surface area contributed by atoms with Crippen LogP contribution in [0.2, 0.25) is 0 Å². The third-order valence-corrected chi connectivity index (χ3v) is 5.26. The highest BCUT2D eigenvalue weighted by Gasteiger charge is 2.45. The van der Waals surface area contributed by atoms with Gasteiger partial charge < -0.3 is 10.4 Å². The van der Waals surface area contributed by atoms with E-state index >= 15 is 0 Å². The molecular formula is C17H25NO. The Balaban J connectivity index is 1.72. The number of fused-ring (bicyclic) bond motifs is 1. The third-order valence-electron chi connectivity index (χ3n) is 5.26. The summed E-state index contributed by atoms with van der Waals surface area (Å²) in [5.41, 5.74) is 3.29. The lowest BCUT2D eigenvalue weighted by Crippen LogP contribution is -2.32. The van der Waals surface area contributed by atoms with E-state index in [2.05, 4.69) is 25.2 Å². The number of phenolic OH excluding ortho intramolecular Hbond substituents is 1. The molecule has 2 aliphatic carbocycles. The molecule has 2 aliphatic rings. The molecule has 0 amide bonds. The van der Waals surface area contributed by atoms with Gasteiger partial charge in [0.2, 0.25) is 0 Å². The van der Waals surface area contributed by atoms with Crippen LogP contribution >= 0.6 is 0 Å². The second-order valence-electron chi connectivity index (χ2n) is 6.73. The monoisotopic (exact) mass is 259 g/mol. The zero-order valence-electron chi connectivity index (χ0n) is 12.1. The fourth-order valence-corrected chi connectivity index (χ4v) is 3.44. The smallest absolute Gasteiger partial charge is 0.115 e. The lowest BCUT2D eigenvalue weighted by Gasteiger charge is -2.29. The van der Waals surface area contributed by atoms with Crippen molar-refractivity contribution in [3.05, 3.63) is 29.3 Å². The van der Waals surface area contributed by atoms with Gasteiger partial charge in [-0.05, 0) is 66.7 Å². The highest BCUT2D eigenvalue weighted by atomic mass is 16.3. The standard InChI is InChI=1S/C17H25NO/c1-12(2)17(8-9-17)11-18-16-5-3-4-13-6-7-14(19)10-15(13)16/h6-7,10,12,16,18-19H,3-5,8-9,11H2,1-2H3. The van der Waals surface area contributed by atoms with Gasteiger partial charge in [0, 0.05) is 12.6 Å². The molecule has 104 valence electrons.